The van der Waals surface area contributed by atoms with E-state index in [4.69, 9.17) is 20.2 Å². The van der Waals surface area contributed by atoms with Crippen molar-refractivity contribution in [3.63, 3.8) is 0 Å². The van der Waals surface area contributed by atoms with Crippen LogP contribution in [-0.4, -0.2) is 33.4 Å². The summed E-state index contributed by atoms with van der Waals surface area (Å²) in [7, 11) is 3.30. The Morgan fingerprint density at radius 3 is 2.71 bits per heavy atom. The lowest BCUT2D eigenvalue weighted by Crippen LogP contribution is -2.24. The SMILES string of the molecule is COc1ccc(N2CCC(ON)C2)c(OC)c1. The maximum Gasteiger partial charge on any atom is 0.145 e. The van der Waals surface area contributed by atoms with Gasteiger partial charge >= 0.3 is 0 Å². The van der Waals surface area contributed by atoms with Crippen LogP contribution in [-0.2, 0) is 4.84 Å². The van der Waals surface area contributed by atoms with Crippen molar-refractivity contribution in [3.05, 3.63) is 18.2 Å². The van der Waals surface area contributed by atoms with Gasteiger partial charge in [-0.25, -0.2) is 5.90 Å². The first-order chi connectivity index (χ1) is 8.28. The summed E-state index contributed by atoms with van der Waals surface area (Å²) in [5.41, 5.74) is 1.05. The van der Waals surface area contributed by atoms with E-state index in [1.807, 2.05) is 18.2 Å². The number of nitrogens with zero attached hydrogens (tertiary/aromatic N) is 1. The molecule has 0 aromatic heterocycles. The minimum absolute atomic E-state index is 0.0989. The van der Waals surface area contributed by atoms with Crippen LogP contribution in [0.3, 0.4) is 0 Å². The normalized spacial score (nSPS) is 19.5. The van der Waals surface area contributed by atoms with Gasteiger partial charge in [0, 0.05) is 19.2 Å². The highest BCUT2D eigenvalue weighted by atomic mass is 16.6. The lowest BCUT2D eigenvalue weighted by atomic mass is 10.2. The van der Waals surface area contributed by atoms with Crippen LogP contribution in [0.1, 0.15) is 6.42 Å². The highest BCUT2D eigenvalue weighted by molar-refractivity contribution is 5.61. The van der Waals surface area contributed by atoms with Gasteiger partial charge in [0.25, 0.3) is 0 Å². The Kier molecular flexibility index (Phi) is 3.71. The molecule has 1 heterocycles. The van der Waals surface area contributed by atoms with Crippen LogP contribution in [0.2, 0.25) is 0 Å². The molecule has 1 saturated heterocycles. The fraction of sp³-hybridized carbons (Fsp3) is 0.500. The van der Waals surface area contributed by atoms with Crippen molar-refractivity contribution in [2.24, 2.45) is 5.90 Å². The van der Waals surface area contributed by atoms with Gasteiger partial charge in [-0.3, -0.25) is 4.84 Å². The average molecular weight is 238 g/mol. The van der Waals surface area contributed by atoms with E-state index in [0.29, 0.717) is 0 Å². The van der Waals surface area contributed by atoms with E-state index in [0.717, 1.165) is 36.7 Å². The molecule has 0 radical (unpaired) electrons. The van der Waals surface area contributed by atoms with Crippen LogP contribution >= 0.6 is 0 Å². The first-order valence-corrected chi connectivity index (χ1v) is 5.61. The van der Waals surface area contributed by atoms with Gasteiger partial charge in [-0.15, -0.1) is 0 Å². The Balaban J connectivity index is 2.20. The zero-order chi connectivity index (χ0) is 12.3. The summed E-state index contributed by atoms with van der Waals surface area (Å²) < 4.78 is 10.5. The van der Waals surface area contributed by atoms with Crippen molar-refractivity contribution < 1.29 is 14.3 Å². The van der Waals surface area contributed by atoms with Crippen molar-refractivity contribution >= 4 is 5.69 Å². The summed E-state index contributed by atoms with van der Waals surface area (Å²) >= 11 is 0. The van der Waals surface area contributed by atoms with E-state index in [2.05, 4.69) is 4.90 Å². The molecule has 1 aromatic carbocycles. The molecule has 5 heteroatoms. The molecule has 0 spiro atoms. The number of methoxy groups -OCH3 is 2. The van der Waals surface area contributed by atoms with Gasteiger partial charge in [-0.05, 0) is 18.6 Å². The second-order valence-electron chi connectivity index (χ2n) is 4.03. The predicted molar refractivity (Wildman–Crippen MR) is 65.4 cm³/mol. The Bertz CT molecular complexity index is 384. The van der Waals surface area contributed by atoms with Gasteiger partial charge in [0.2, 0.25) is 0 Å². The minimum atomic E-state index is 0.0989. The fourth-order valence-electron chi connectivity index (χ4n) is 2.10. The van der Waals surface area contributed by atoms with Crippen molar-refractivity contribution in [2.75, 3.05) is 32.2 Å². The van der Waals surface area contributed by atoms with Crippen molar-refractivity contribution in [1.29, 1.82) is 0 Å². The quantitative estimate of drug-likeness (QED) is 0.798. The molecule has 0 bridgehead atoms. The molecule has 2 rings (SSSR count). The zero-order valence-corrected chi connectivity index (χ0v) is 10.2. The van der Waals surface area contributed by atoms with Crippen LogP contribution in [0.25, 0.3) is 0 Å². The standard InChI is InChI=1S/C12H18N2O3/c1-15-9-3-4-11(12(7-9)16-2)14-6-5-10(8-14)17-13/h3-4,7,10H,5-6,8,13H2,1-2H3. The Hall–Kier alpha value is -1.46. The molecule has 1 fully saturated rings. The van der Waals surface area contributed by atoms with Gasteiger partial charge < -0.3 is 14.4 Å². The second-order valence-corrected chi connectivity index (χ2v) is 4.03. The predicted octanol–water partition coefficient (Wildman–Crippen LogP) is 1.17. The molecule has 5 nitrogen and oxygen atoms in total. The van der Waals surface area contributed by atoms with Crippen LogP contribution in [0.5, 0.6) is 11.5 Å². The molecule has 1 aliphatic heterocycles. The smallest absolute Gasteiger partial charge is 0.145 e. The molecule has 17 heavy (non-hydrogen) atoms. The van der Waals surface area contributed by atoms with Gasteiger partial charge in [-0.1, -0.05) is 0 Å². The molecule has 0 aliphatic carbocycles. The molecule has 1 unspecified atom stereocenters. The third kappa shape index (κ3) is 2.45. The van der Waals surface area contributed by atoms with E-state index < -0.39 is 0 Å². The monoisotopic (exact) mass is 238 g/mol. The highest BCUT2D eigenvalue weighted by Gasteiger charge is 2.25. The van der Waals surface area contributed by atoms with Crippen LogP contribution in [0, 0.1) is 0 Å². The fourth-order valence-corrected chi connectivity index (χ4v) is 2.10. The first kappa shape index (κ1) is 12.0. The van der Waals surface area contributed by atoms with E-state index in [1.54, 1.807) is 14.2 Å². The molecule has 1 atom stereocenters. The van der Waals surface area contributed by atoms with E-state index in [9.17, 15) is 0 Å². The largest absolute Gasteiger partial charge is 0.497 e. The van der Waals surface area contributed by atoms with Crippen molar-refractivity contribution in [1.82, 2.24) is 0 Å². The number of benzene rings is 1. The second kappa shape index (κ2) is 5.25. The van der Waals surface area contributed by atoms with Crippen LogP contribution < -0.4 is 20.3 Å². The lowest BCUT2D eigenvalue weighted by molar-refractivity contribution is 0.0690. The number of rotatable bonds is 4. The molecular formula is C12H18N2O3. The molecule has 1 aliphatic rings. The molecule has 2 N–H and O–H groups in total. The Morgan fingerprint density at radius 1 is 1.29 bits per heavy atom. The van der Waals surface area contributed by atoms with Crippen LogP contribution in [0.4, 0.5) is 5.69 Å². The summed E-state index contributed by atoms with van der Waals surface area (Å²) in [6, 6.07) is 5.80. The van der Waals surface area contributed by atoms with Crippen molar-refractivity contribution in [3.8, 4) is 11.5 Å². The summed E-state index contributed by atoms with van der Waals surface area (Å²) in [5, 5.41) is 0. The summed E-state index contributed by atoms with van der Waals surface area (Å²) in [5.74, 6) is 6.81. The van der Waals surface area contributed by atoms with E-state index in [-0.39, 0.29) is 6.10 Å². The third-order valence-electron chi connectivity index (χ3n) is 3.07. The zero-order valence-electron chi connectivity index (χ0n) is 10.2. The number of hydrogen-bond acceptors (Lipinski definition) is 5. The Labute approximate surface area is 101 Å². The van der Waals surface area contributed by atoms with Gasteiger partial charge in [0.15, 0.2) is 0 Å². The molecule has 1 aromatic rings. The van der Waals surface area contributed by atoms with Crippen molar-refractivity contribution in [2.45, 2.75) is 12.5 Å². The molecule has 0 amide bonds. The lowest BCUT2D eigenvalue weighted by Gasteiger charge is -2.21. The van der Waals surface area contributed by atoms with E-state index >= 15 is 0 Å². The van der Waals surface area contributed by atoms with Gasteiger partial charge in [-0.2, -0.15) is 0 Å². The number of hydrogen-bond donors (Lipinski definition) is 1. The van der Waals surface area contributed by atoms with Gasteiger partial charge in [0.05, 0.1) is 26.0 Å². The Morgan fingerprint density at radius 2 is 2.12 bits per heavy atom. The molecule has 94 valence electrons. The third-order valence-corrected chi connectivity index (χ3v) is 3.07. The molecular weight excluding hydrogens is 220 g/mol. The first-order valence-electron chi connectivity index (χ1n) is 5.61. The maximum atomic E-state index is 5.38. The maximum absolute atomic E-state index is 5.38. The molecule has 0 saturated carbocycles. The number of nitrogens with two attached hydrogens (primary N) is 1. The van der Waals surface area contributed by atoms with Crippen LogP contribution in [0.15, 0.2) is 18.2 Å². The number of ether oxygens (including phenoxy) is 2. The topological polar surface area (TPSA) is 57.0 Å². The summed E-state index contributed by atoms with van der Waals surface area (Å²) in [6.07, 6.45) is 1.04. The summed E-state index contributed by atoms with van der Waals surface area (Å²) in [6.45, 7) is 1.71. The average Bonchev–Trinajstić information content (AvgIpc) is 2.86. The number of anilines is 1. The minimum Gasteiger partial charge on any atom is -0.497 e. The van der Waals surface area contributed by atoms with E-state index in [1.165, 1.54) is 0 Å². The summed E-state index contributed by atoms with van der Waals surface area (Å²) in [4.78, 5) is 7.08. The van der Waals surface area contributed by atoms with Gasteiger partial charge in [0.1, 0.15) is 11.5 Å². The highest BCUT2D eigenvalue weighted by Crippen LogP contribution is 2.34.